The van der Waals surface area contributed by atoms with Crippen molar-refractivity contribution in [1.29, 1.82) is 0 Å². The Morgan fingerprint density at radius 2 is 2.00 bits per heavy atom. The highest BCUT2D eigenvalue weighted by Crippen LogP contribution is 2.19. The Balaban J connectivity index is 2.11. The van der Waals surface area contributed by atoms with E-state index < -0.39 is 0 Å². The number of hydrogen-bond acceptors (Lipinski definition) is 3. The van der Waals surface area contributed by atoms with Crippen molar-refractivity contribution in [3.63, 3.8) is 0 Å². The van der Waals surface area contributed by atoms with Gasteiger partial charge in [0.25, 0.3) is 5.91 Å². The average molecular weight is 261 g/mol. The number of hydrogen-bond donors (Lipinski definition) is 2. The number of carbonyl (C=O) groups is 1. The van der Waals surface area contributed by atoms with E-state index in [1.807, 2.05) is 18.4 Å². The third-order valence-corrected chi connectivity index (χ3v) is 3.68. The number of rotatable bonds is 4. The summed E-state index contributed by atoms with van der Waals surface area (Å²) in [4.78, 5) is 12.8. The summed E-state index contributed by atoms with van der Waals surface area (Å²) >= 11 is 1.46. The standard InChI is InChI=1S/C14H15NO2S/c1-2-11-7-8-18-13(11)14(17)15-12-5-3-10(9-16)4-6-12/h3-8,16H,2,9H2,1H3,(H,15,17). The van der Waals surface area contributed by atoms with Gasteiger partial charge in [0, 0.05) is 5.69 Å². The Kier molecular flexibility index (Phi) is 4.12. The first kappa shape index (κ1) is 12.8. The van der Waals surface area contributed by atoms with E-state index in [0.29, 0.717) is 0 Å². The van der Waals surface area contributed by atoms with Crippen molar-refractivity contribution in [3.8, 4) is 0 Å². The molecule has 0 aliphatic rings. The molecule has 2 rings (SSSR count). The van der Waals surface area contributed by atoms with E-state index in [1.54, 1.807) is 24.3 Å². The Labute approximate surface area is 110 Å². The normalized spacial score (nSPS) is 10.3. The second kappa shape index (κ2) is 5.80. The molecule has 0 unspecified atom stereocenters. The minimum Gasteiger partial charge on any atom is -0.392 e. The monoisotopic (exact) mass is 261 g/mol. The number of carbonyl (C=O) groups excluding carboxylic acids is 1. The Hall–Kier alpha value is -1.65. The first-order valence-electron chi connectivity index (χ1n) is 5.82. The minimum atomic E-state index is -0.0707. The predicted molar refractivity (Wildman–Crippen MR) is 74.0 cm³/mol. The van der Waals surface area contributed by atoms with E-state index >= 15 is 0 Å². The van der Waals surface area contributed by atoms with Gasteiger partial charge in [0.1, 0.15) is 0 Å². The molecule has 1 aromatic heterocycles. The van der Waals surface area contributed by atoms with Crippen molar-refractivity contribution < 1.29 is 9.90 Å². The molecule has 1 amide bonds. The lowest BCUT2D eigenvalue weighted by atomic mass is 10.2. The van der Waals surface area contributed by atoms with Crippen molar-refractivity contribution in [2.45, 2.75) is 20.0 Å². The van der Waals surface area contributed by atoms with Crippen molar-refractivity contribution in [3.05, 3.63) is 51.7 Å². The van der Waals surface area contributed by atoms with Crippen LogP contribution in [0.3, 0.4) is 0 Å². The highest BCUT2D eigenvalue weighted by molar-refractivity contribution is 7.12. The predicted octanol–water partition coefficient (Wildman–Crippen LogP) is 3.06. The van der Waals surface area contributed by atoms with Gasteiger partial charge in [-0.05, 0) is 41.1 Å². The number of aliphatic hydroxyl groups is 1. The van der Waals surface area contributed by atoms with Gasteiger partial charge in [0.2, 0.25) is 0 Å². The topological polar surface area (TPSA) is 49.3 Å². The number of thiophene rings is 1. The second-order valence-electron chi connectivity index (χ2n) is 3.94. The van der Waals surface area contributed by atoms with E-state index in [2.05, 4.69) is 5.32 Å². The van der Waals surface area contributed by atoms with Gasteiger partial charge in [-0.3, -0.25) is 4.79 Å². The molecule has 0 saturated carbocycles. The SMILES string of the molecule is CCc1ccsc1C(=O)Nc1ccc(CO)cc1. The van der Waals surface area contributed by atoms with Gasteiger partial charge in [-0.25, -0.2) is 0 Å². The van der Waals surface area contributed by atoms with Gasteiger partial charge >= 0.3 is 0 Å². The van der Waals surface area contributed by atoms with Crippen LogP contribution in [0.2, 0.25) is 0 Å². The van der Waals surface area contributed by atoms with Gasteiger partial charge in [0.05, 0.1) is 11.5 Å². The molecule has 0 spiro atoms. The molecule has 0 saturated heterocycles. The van der Waals surface area contributed by atoms with Crippen molar-refractivity contribution in [2.75, 3.05) is 5.32 Å². The molecular formula is C14H15NO2S. The zero-order valence-corrected chi connectivity index (χ0v) is 11.0. The molecular weight excluding hydrogens is 246 g/mol. The van der Waals surface area contributed by atoms with Crippen LogP contribution in [-0.2, 0) is 13.0 Å². The van der Waals surface area contributed by atoms with Crippen LogP contribution in [0.4, 0.5) is 5.69 Å². The average Bonchev–Trinajstić information content (AvgIpc) is 2.88. The van der Waals surface area contributed by atoms with E-state index in [-0.39, 0.29) is 12.5 Å². The molecule has 0 aliphatic carbocycles. The highest BCUT2D eigenvalue weighted by Gasteiger charge is 2.11. The van der Waals surface area contributed by atoms with Crippen LogP contribution in [-0.4, -0.2) is 11.0 Å². The maximum atomic E-state index is 12.1. The van der Waals surface area contributed by atoms with Crippen LogP contribution >= 0.6 is 11.3 Å². The Morgan fingerprint density at radius 3 is 2.61 bits per heavy atom. The summed E-state index contributed by atoms with van der Waals surface area (Å²) in [5.41, 5.74) is 2.65. The smallest absolute Gasteiger partial charge is 0.266 e. The summed E-state index contributed by atoms with van der Waals surface area (Å²) in [6.07, 6.45) is 0.857. The molecule has 0 radical (unpaired) electrons. The maximum Gasteiger partial charge on any atom is 0.266 e. The van der Waals surface area contributed by atoms with Crippen molar-refractivity contribution >= 4 is 22.9 Å². The molecule has 2 aromatic rings. The zero-order chi connectivity index (χ0) is 13.0. The number of aliphatic hydroxyl groups excluding tert-OH is 1. The van der Waals surface area contributed by atoms with Crippen LogP contribution in [0.25, 0.3) is 0 Å². The molecule has 0 aliphatic heterocycles. The van der Waals surface area contributed by atoms with E-state index in [1.165, 1.54) is 11.3 Å². The Morgan fingerprint density at radius 1 is 1.28 bits per heavy atom. The summed E-state index contributed by atoms with van der Waals surface area (Å²) in [6, 6.07) is 9.16. The Bertz CT molecular complexity index is 531. The number of aryl methyl sites for hydroxylation is 1. The fourth-order valence-corrected chi connectivity index (χ4v) is 2.58. The third-order valence-electron chi connectivity index (χ3n) is 2.73. The van der Waals surface area contributed by atoms with Crippen molar-refractivity contribution in [2.24, 2.45) is 0 Å². The van der Waals surface area contributed by atoms with Gasteiger partial charge in [-0.2, -0.15) is 0 Å². The number of benzene rings is 1. The van der Waals surface area contributed by atoms with Crippen LogP contribution in [0.1, 0.15) is 27.7 Å². The molecule has 2 N–H and O–H groups in total. The summed E-state index contributed by atoms with van der Waals surface area (Å²) in [6.45, 7) is 2.05. The summed E-state index contributed by atoms with van der Waals surface area (Å²) in [7, 11) is 0. The van der Waals surface area contributed by atoms with Gasteiger partial charge in [-0.1, -0.05) is 19.1 Å². The van der Waals surface area contributed by atoms with Gasteiger partial charge in [0.15, 0.2) is 0 Å². The molecule has 0 fully saturated rings. The highest BCUT2D eigenvalue weighted by atomic mass is 32.1. The molecule has 94 valence electrons. The zero-order valence-electron chi connectivity index (χ0n) is 10.1. The first-order chi connectivity index (χ1) is 8.74. The van der Waals surface area contributed by atoms with Gasteiger partial charge in [-0.15, -0.1) is 11.3 Å². The number of nitrogens with one attached hydrogen (secondary N) is 1. The maximum absolute atomic E-state index is 12.1. The molecule has 0 bridgehead atoms. The lowest BCUT2D eigenvalue weighted by molar-refractivity contribution is 0.103. The fraction of sp³-hybridized carbons (Fsp3) is 0.214. The van der Waals surface area contributed by atoms with E-state index in [0.717, 1.165) is 28.1 Å². The molecule has 0 atom stereocenters. The summed E-state index contributed by atoms with van der Waals surface area (Å²) in [5.74, 6) is -0.0707. The minimum absolute atomic E-state index is 0.0130. The lowest BCUT2D eigenvalue weighted by Crippen LogP contribution is -2.11. The molecule has 1 heterocycles. The fourth-order valence-electron chi connectivity index (χ4n) is 1.69. The van der Waals surface area contributed by atoms with E-state index in [9.17, 15) is 4.79 Å². The van der Waals surface area contributed by atoms with Crippen molar-refractivity contribution in [1.82, 2.24) is 0 Å². The largest absolute Gasteiger partial charge is 0.392 e. The quantitative estimate of drug-likeness (QED) is 0.888. The van der Waals surface area contributed by atoms with Gasteiger partial charge < -0.3 is 10.4 Å². The van der Waals surface area contributed by atoms with Crippen LogP contribution in [0, 0.1) is 0 Å². The first-order valence-corrected chi connectivity index (χ1v) is 6.70. The number of anilines is 1. The summed E-state index contributed by atoms with van der Waals surface area (Å²) < 4.78 is 0. The van der Waals surface area contributed by atoms with Crippen LogP contribution in [0.5, 0.6) is 0 Å². The molecule has 4 heteroatoms. The lowest BCUT2D eigenvalue weighted by Gasteiger charge is -2.06. The molecule has 3 nitrogen and oxygen atoms in total. The molecule has 1 aromatic carbocycles. The van der Waals surface area contributed by atoms with E-state index in [4.69, 9.17) is 5.11 Å². The third kappa shape index (κ3) is 2.78. The second-order valence-corrected chi connectivity index (χ2v) is 4.85. The van der Waals surface area contributed by atoms with Crippen LogP contribution in [0.15, 0.2) is 35.7 Å². The van der Waals surface area contributed by atoms with Crippen LogP contribution < -0.4 is 5.32 Å². The number of amides is 1. The molecule has 18 heavy (non-hydrogen) atoms. The summed E-state index contributed by atoms with van der Waals surface area (Å²) in [5, 5.41) is 13.7.